The van der Waals surface area contributed by atoms with Gasteiger partial charge in [-0.25, -0.2) is 4.98 Å². The summed E-state index contributed by atoms with van der Waals surface area (Å²) in [5, 5.41) is 0. The van der Waals surface area contributed by atoms with Crippen LogP contribution in [0.4, 0.5) is 0 Å². The molecule has 1 atom stereocenters. The first-order valence-electron chi connectivity index (χ1n) is 11.1. The molecule has 3 heterocycles. The van der Waals surface area contributed by atoms with Crippen molar-refractivity contribution >= 4 is 17.8 Å². The molecular formula is C22H32N4O5. The lowest BCUT2D eigenvalue weighted by molar-refractivity contribution is -0.151. The van der Waals surface area contributed by atoms with Gasteiger partial charge in [-0.05, 0) is 39.5 Å². The number of aromatic nitrogens is 2. The summed E-state index contributed by atoms with van der Waals surface area (Å²) in [7, 11) is 0. The van der Waals surface area contributed by atoms with Gasteiger partial charge in [-0.15, -0.1) is 0 Å². The molecule has 1 unspecified atom stereocenters. The normalized spacial score (nSPS) is 19.3. The molecule has 2 amide bonds. The molecule has 0 bridgehead atoms. The highest BCUT2D eigenvalue weighted by molar-refractivity contribution is 5.92. The summed E-state index contributed by atoms with van der Waals surface area (Å²) in [5.74, 6) is -0.567. The standard InChI is InChI=1S/C22H32N4O5/c1-3-30-22(29)17-6-9-25(10-7-17)20(27)8-11-26(15-18-5-4-12-31-18)21(28)19-14-23-16(2)13-24-19/h13-14,17-18H,3-12,15H2,1-2H3. The van der Waals surface area contributed by atoms with Crippen LogP contribution in [0.25, 0.3) is 0 Å². The molecule has 2 aliphatic heterocycles. The zero-order valence-electron chi connectivity index (χ0n) is 18.4. The van der Waals surface area contributed by atoms with Crippen LogP contribution >= 0.6 is 0 Å². The third-order valence-corrected chi connectivity index (χ3v) is 5.80. The fourth-order valence-electron chi connectivity index (χ4n) is 3.99. The minimum atomic E-state index is -0.239. The zero-order valence-corrected chi connectivity index (χ0v) is 18.4. The highest BCUT2D eigenvalue weighted by Gasteiger charge is 2.29. The molecule has 0 N–H and O–H groups in total. The van der Waals surface area contributed by atoms with Gasteiger partial charge in [-0.1, -0.05) is 0 Å². The number of aryl methyl sites for hydroxylation is 1. The largest absolute Gasteiger partial charge is 0.466 e. The molecule has 9 nitrogen and oxygen atoms in total. The van der Waals surface area contributed by atoms with Gasteiger partial charge in [0, 0.05) is 45.4 Å². The smallest absolute Gasteiger partial charge is 0.309 e. The van der Waals surface area contributed by atoms with E-state index in [0.29, 0.717) is 52.2 Å². The molecule has 1 aromatic heterocycles. The Balaban J connectivity index is 1.55. The second kappa shape index (κ2) is 11.2. The van der Waals surface area contributed by atoms with Crippen LogP contribution in [0, 0.1) is 12.8 Å². The highest BCUT2D eigenvalue weighted by atomic mass is 16.5. The molecule has 2 aliphatic rings. The number of amides is 2. The van der Waals surface area contributed by atoms with Gasteiger partial charge >= 0.3 is 5.97 Å². The predicted molar refractivity (Wildman–Crippen MR) is 112 cm³/mol. The number of esters is 1. The van der Waals surface area contributed by atoms with Crippen molar-refractivity contribution in [3.63, 3.8) is 0 Å². The number of piperidine rings is 1. The number of nitrogens with zero attached hydrogens (tertiary/aromatic N) is 4. The molecule has 170 valence electrons. The van der Waals surface area contributed by atoms with Crippen LogP contribution in [0.1, 0.15) is 55.2 Å². The Hall–Kier alpha value is -2.55. The first-order valence-corrected chi connectivity index (χ1v) is 11.1. The number of hydrogen-bond donors (Lipinski definition) is 0. The average molecular weight is 433 g/mol. The van der Waals surface area contributed by atoms with Crippen molar-refractivity contribution in [2.24, 2.45) is 5.92 Å². The van der Waals surface area contributed by atoms with Crippen LogP contribution in [0.5, 0.6) is 0 Å². The van der Waals surface area contributed by atoms with Crippen molar-refractivity contribution in [3.05, 3.63) is 23.8 Å². The van der Waals surface area contributed by atoms with Crippen LogP contribution in [-0.4, -0.2) is 83.0 Å². The minimum absolute atomic E-state index is 0.0116. The minimum Gasteiger partial charge on any atom is -0.466 e. The van der Waals surface area contributed by atoms with E-state index < -0.39 is 0 Å². The van der Waals surface area contributed by atoms with Crippen molar-refractivity contribution in [1.29, 1.82) is 0 Å². The van der Waals surface area contributed by atoms with Crippen molar-refractivity contribution in [2.75, 3.05) is 39.4 Å². The SMILES string of the molecule is CCOC(=O)C1CCN(C(=O)CCN(CC2CCCO2)C(=O)c2cnc(C)cn2)CC1. The third kappa shape index (κ3) is 6.46. The van der Waals surface area contributed by atoms with Gasteiger partial charge in [0.05, 0.1) is 30.5 Å². The highest BCUT2D eigenvalue weighted by Crippen LogP contribution is 2.20. The van der Waals surface area contributed by atoms with Crippen LogP contribution in [-0.2, 0) is 19.1 Å². The number of likely N-dealkylation sites (tertiary alicyclic amines) is 1. The second-order valence-electron chi connectivity index (χ2n) is 8.09. The van der Waals surface area contributed by atoms with Crippen LogP contribution in [0.15, 0.2) is 12.4 Å². The van der Waals surface area contributed by atoms with Gasteiger partial charge in [0.2, 0.25) is 5.91 Å². The molecule has 1 aromatic rings. The summed E-state index contributed by atoms with van der Waals surface area (Å²) in [4.78, 5) is 49.4. The van der Waals surface area contributed by atoms with Crippen molar-refractivity contribution in [1.82, 2.24) is 19.8 Å². The number of carbonyl (C=O) groups is 3. The molecule has 2 saturated heterocycles. The summed E-state index contributed by atoms with van der Waals surface area (Å²) in [6, 6.07) is 0. The Morgan fingerprint density at radius 1 is 1.19 bits per heavy atom. The van der Waals surface area contributed by atoms with E-state index in [1.165, 1.54) is 6.20 Å². The van der Waals surface area contributed by atoms with Crippen LogP contribution in [0.2, 0.25) is 0 Å². The van der Waals surface area contributed by atoms with E-state index in [1.54, 1.807) is 22.9 Å². The lowest BCUT2D eigenvalue weighted by Gasteiger charge is -2.32. The number of ether oxygens (including phenoxy) is 2. The number of hydrogen-bond acceptors (Lipinski definition) is 7. The predicted octanol–water partition coefficient (Wildman–Crippen LogP) is 1.60. The van der Waals surface area contributed by atoms with Crippen molar-refractivity contribution < 1.29 is 23.9 Å². The Morgan fingerprint density at radius 3 is 2.58 bits per heavy atom. The van der Waals surface area contributed by atoms with E-state index in [1.807, 2.05) is 6.92 Å². The molecular weight excluding hydrogens is 400 g/mol. The Bertz CT molecular complexity index is 756. The maximum absolute atomic E-state index is 13.0. The third-order valence-electron chi connectivity index (χ3n) is 5.80. The summed E-state index contributed by atoms with van der Waals surface area (Å²) in [6.45, 7) is 6.48. The van der Waals surface area contributed by atoms with Crippen molar-refractivity contribution in [2.45, 2.75) is 52.1 Å². The number of carbonyl (C=O) groups excluding carboxylic acids is 3. The molecule has 3 rings (SSSR count). The molecule has 0 aromatic carbocycles. The molecule has 31 heavy (non-hydrogen) atoms. The second-order valence-corrected chi connectivity index (χ2v) is 8.09. The van der Waals surface area contributed by atoms with Crippen LogP contribution in [0.3, 0.4) is 0 Å². The van der Waals surface area contributed by atoms with Gasteiger partial charge in [-0.2, -0.15) is 0 Å². The monoisotopic (exact) mass is 432 g/mol. The molecule has 0 spiro atoms. The first kappa shape index (κ1) is 23.1. The van der Waals surface area contributed by atoms with Crippen LogP contribution < -0.4 is 0 Å². The van der Waals surface area contributed by atoms with Gasteiger partial charge in [0.25, 0.3) is 5.91 Å². The summed E-state index contributed by atoms with van der Waals surface area (Å²) in [5.41, 5.74) is 1.01. The molecule has 0 saturated carbocycles. The van der Waals surface area contributed by atoms with E-state index in [-0.39, 0.29) is 41.9 Å². The molecule has 0 radical (unpaired) electrons. The van der Waals surface area contributed by atoms with Gasteiger partial charge < -0.3 is 19.3 Å². The fourth-order valence-corrected chi connectivity index (χ4v) is 3.99. The number of rotatable bonds is 8. The quantitative estimate of drug-likeness (QED) is 0.575. The Labute approximate surface area is 183 Å². The maximum atomic E-state index is 13.0. The summed E-state index contributed by atoms with van der Waals surface area (Å²) in [6.07, 6.45) is 6.35. The lowest BCUT2D eigenvalue weighted by Crippen LogP contribution is -2.43. The zero-order chi connectivity index (χ0) is 22.2. The van der Waals surface area contributed by atoms with E-state index in [0.717, 1.165) is 18.5 Å². The van der Waals surface area contributed by atoms with Gasteiger partial charge in [0.1, 0.15) is 5.69 Å². The van der Waals surface area contributed by atoms with E-state index in [9.17, 15) is 14.4 Å². The van der Waals surface area contributed by atoms with E-state index in [2.05, 4.69) is 9.97 Å². The van der Waals surface area contributed by atoms with Gasteiger partial charge in [0.15, 0.2) is 0 Å². The van der Waals surface area contributed by atoms with Gasteiger partial charge in [-0.3, -0.25) is 19.4 Å². The first-order chi connectivity index (χ1) is 15.0. The molecule has 9 heteroatoms. The van der Waals surface area contributed by atoms with E-state index in [4.69, 9.17) is 9.47 Å². The fraction of sp³-hybridized carbons (Fsp3) is 0.682. The molecule has 0 aliphatic carbocycles. The lowest BCUT2D eigenvalue weighted by atomic mass is 9.97. The van der Waals surface area contributed by atoms with E-state index >= 15 is 0 Å². The summed E-state index contributed by atoms with van der Waals surface area (Å²) >= 11 is 0. The Morgan fingerprint density at radius 2 is 1.97 bits per heavy atom. The average Bonchev–Trinajstić information content (AvgIpc) is 3.30. The molecule has 2 fully saturated rings. The Kier molecular flexibility index (Phi) is 8.34. The maximum Gasteiger partial charge on any atom is 0.309 e. The van der Waals surface area contributed by atoms with Crippen molar-refractivity contribution in [3.8, 4) is 0 Å². The summed E-state index contributed by atoms with van der Waals surface area (Å²) < 4.78 is 10.8. The topological polar surface area (TPSA) is 102 Å².